The zero-order chi connectivity index (χ0) is 15.2. The summed E-state index contributed by atoms with van der Waals surface area (Å²) in [6.07, 6.45) is 8.76. The first-order valence-electron chi connectivity index (χ1n) is 8.17. The number of imidazole rings is 1. The summed E-state index contributed by atoms with van der Waals surface area (Å²) in [7, 11) is 1.73. The third-order valence-corrected chi connectivity index (χ3v) is 4.51. The third kappa shape index (κ3) is 4.10. The molecule has 2 heterocycles. The summed E-state index contributed by atoms with van der Waals surface area (Å²) in [5.41, 5.74) is 1.38. The van der Waals surface area contributed by atoms with E-state index in [1.807, 2.05) is 18.5 Å². The number of aromatic nitrogens is 2. The lowest BCUT2D eigenvalue weighted by molar-refractivity contribution is 0.159. The summed E-state index contributed by atoms with van der Waals surface area (Å²) in [4.78, 5) is 10.1. The second kappa shape index (κ2) is 7.45. The Kier molecular flexibility index (Phi) is 5.11. The summed E-state index contributed by atoms with van der Waals surface area (Å²) in [6, 6.07) is 8.45. The zero-order valence-electron chi connectivity index (χ0n) is 13.3. The molecule has 1 aromatic carbocycles. The number of aromatic amines is 1. The van der Waals surface area contributed by atoms with Crippen LogP contribution in [-0.4, -0.2) is 35.1 Å². The van der Waals surface area contributed by atoms with Gasteiger partial charge in [-0.1, -0.05) is 12.1 Å². The standard InChI is InChI=1S/C18H25N3O/c1-22-17-6-2-4-15(12-17)7-8-16-5-3-11-21(13-16)14-18-19-9-10-20-18/h2,4,6,9-10,12,16H,3,5,7-8,11,13-14H2,1H3,(H,19,20). The molecule has 1 unspecified atom stereocenters. The number of nitrogens with zero attached hydrogens (tertiary/aromatic N) is 2. The SMILES string of the molecule is COc1cccc(CCC2CCCN(Cc3ncc[nH]3)C2)c1. The Morgan fingerprint density at radius 1 is 1.41 bits per heavy atom. The number of benzene rings is 1. The van der Waals surface area contributed by atoms with Crippen LogP contribution in [-0.2, 0) is 13.0 Å². The highest BCUT2D eigenvalue weighted by molar-refractivity contribution is 5.28. The van der Waals surface area contributed by atoms with Crippen molar-refractivity contribution in [2.75, 3.05) is 20.2 Å². The van der Waals surface area contributed by atoms with E-state index in [1.165, 1.54) is 37.9 Å². The highest BCUT2D eigenvalue weighted by Gasteiger charge is 2.20. The lowest BCUT2D eigenvalue weighted by Gasteiger charge is -2.32. The second-order valence-electron chi connectivity index (χ2n) is 6.17. The summed E-state index contributed by atoms with van der Waals surface area (Å²) in [5, 5.41) is 0. The minimum atomic E-state index is 0.787. The second-order valence-corrected chi connectivity index (χ2v) is 6.17. The molecule has 1 aromatic heterocycles. The van der Waals surface area contributed by atoms with Gasteiger partial charge < -0.3 is 9.72 Å². The van der Waals surface area contributed by atoms with Crippen LogP contribution in [0.15, 0.2) is 36.7 Å². The average molecular weight is 299 g/mol. The Hall–Kier alpha value is -1.81. The largest absolute Gasteiger partial charge is 0.497 e. The predicted octanol–water partition coefficient (Wildman–Crippen LogP) is 3.26. The van der Waals surface area contributed by atoms with Crippen LogP contribution >= 0.6 is 0 Å². The lowest BCUT2D eigenvalue weighted by atomic mass is 9.91. The van der Waals surface area contributed by atoms with E-state index in [0.29, 0.717) is 0 Å². The third-order valence-electron chi connectivity index (χ3n) is 4.51. The lowest BCUT2D eigenvalue weighted by Crippen LogP contribution is -2.35. The Balaban J connectivity index is 1.49. The van der Waals surface area contributed by atoms with E-state index in [-0.39, 0.29) is 0 Å². The molecule has 1 fully saturated rings. The Labute approximate surface area is 132 Å². The van der Waals surface area contributed by atoms with Crippen LogP contribution in [0.25, 0.3) is 0 Å². The fraction of sp³-hybridized carbons (Fsp3) is 0.500. The molecule has 0 spiro atoms. The van der Waals surface area contributed by atoms with E-state index in [9.17, 15) is 0 Å². The number of rotatable bonds is 6. The average Bonchev–Trinajstić information content (AvgIpc) is 3.06. The molecule has 2 aromatic rings. The van der Waals surface area contributed by atoms with Gasteiger partial charge in [-0.2, -0.15) is 0 Å². The molecule has 1 aliphatic heterocycles. The molecule has 1 saturated heterocycles. The van der Waals surface area contributed by atoms with Gasteiger partial charge in [0.25, 0.3) is 0 Å². The number of H-pyrrole nitrogens is 1. The summed E-state index contributed by atoms with van der Waals surface area (Å²) >= 11 is 0. The molecule has 1 N–H and O–H groups in total. The number of hydrogen-bond acceptors (Lipinski definition) is 3. The molecule has 0 amide bonds. The molecule has 4 heteroatoms. The van der Waals surface area contributed by atoms with Crippen molar-refractivity contribution in [3.8, 4) is 5.75 Å². The fourth-order valence-electron chi connectivity index (χ4n) is 3.33. The van der Waals surface area contributed by atoms with Gasteiger partial charge in [0.2, 0.25) is 0 Å². The molecule has 0 bridgehead atoms. The molecule has 118 valence electrons. The molecule has 22 heavy (non-hydrogen) atoms. The molecule has 3 rings (SSSR count). The maximum absolute atomic E-state index is 5.30. The first-order valence-corrected chi connectivity index (χ1v) is 8.17. The van der Waals surface area contributed by atoms with Gasteiger partial charge in [-0.3, -0.25) is 4.90 Å². The van der Waals surface area contributed by atoms with E-state index in [0.717, 1.165) is 30.5 Å². The van der Waals surface area contributed by atoms with Gasteiger partial charge >= 0.3 is 0 Å². The molecule has 1 atom stereocenters. The number of piperidine rings is 1. The summed E-state index contributed by atoms with van der Waals surface area (Å²) < 4.78 is 5.30. The molecule has 1 aliphatic rings. The Morgan fingerprint density at radius 3 is 3.18 bits per heavy atom. The van der Waals surface area contributed by atoms with Crippen LogP contribution in [0.5, 0.6) is 5.75 Å². The Bertz CT molecular complexity index is 567. The smallest absolute Gasteiger partial charge is 0.120 e. The number of methoxy groups -OCH3 is 1. The van der Waals surface area contributed by atoms with E-state index in [4.69, 9.17) is 4.74 Å². The van der Waals surface area contributed by atoms with Crippen molar-refractivity contribution in [1.82, 2.24) is 14.9 Å². The van der Waals surface area contributed by atoms with Gasteiger partial charge in [0.05, 0.1) is 13.7 Å². The van der Waals surface area contributed by atoms with Crippen LogP contribution in [0.4, 0.5) is 0 Å². The zero-order valence-corrected chi connectivity index (χ0v) is 13.3. The van der Waals surface area contributed by atoms with Gasteiger partial charge in [-0.05, 0) is 55.8 Å². The number of likely N-dealkylation sites (tertiary alicyclic amines) is 1. The van der Waals surface area contributed by atoms with E-state index < -0.39 is 0 Å². The van der Waals surface area contributed by atoms with Crippen LogP contribution in [0.3, 0.4) is 0 Å². The van der Waals surface area contributed by atoms with Crippen molar-refractivity contribution < 1.29 is 4.74 Å². The van der Waals surface area contributed by atoms with Crippen molar-refractivity contribution in [2.24, 2.45) is 5.92 Å². The van der Waals surface area contributed by atoms with Gasteiger partial charge in [0.1, 0.15) is 11.6 Å². The van der Waals surface area contributed by atoms with Crippen molar-refractivity contribution in [3.05, 3.63) is 48.0 Å². The normalized spacial score (nSPS) is 19.2. The first-order chi connectivity index (χ1) is 10.8. The van der Waals surface area contributed by atoms with Crippen molar-refractivity contribution in [1.29, 1.82) is 0 Å². The van der Waals surface area contributed by atoms with Crippen LogP contribution < -0.4 is 4.74 Å². The molecular weight excluding hydrogens is 274 g/mol. The number of aryl methyl sites for hydroxylation is 1. The minimum Gasteiger partial charge on any atom is -0.497 e. The van der Waals surface area contributed by atoms with Gasteiger partial charge in [-0.15, -0.1) is 0 Å². The quantitative estimate of drug-likeness (QED) is 0.890. The minimum absolute atomic E-state index is 0.787. The number of hydrogen-bond donors (Lipinski definition) is 1. The fourth-order valence-corrected chi connectivity index (χ4v) is 3.33. The van der Waals surface area contributed by atoms with Crippen molar-refractivity contribution in [2.45, 2.75) is 32.2 Å². The molecule has 0 saturated carbocycles. The maximum atomic E-state index is 5.30. The van der Waals surface area contributed by atoms with E-state index >= 15 is 0 Å². The maximum Gasteiger partial charge on any atom is 0.120 e. The molecule has 0 aliphatic carbocycles. The Morgan fingerprint density at radius 2 is 2.36 bits per heavy atom. The van der Waals surface area contributed by atoms with Gasteiger partial charge in [0, 0.05) is 18.9 Å². The molecule has 0 radical (unpaired) electrons. The van der Waals surface area contributed by atoms with Gasteiger partial charge in [0.15, 0.2) is 0 Å². The summed E-state index contributed by atoms with van der Waals surface area (Å²) in [5.74, 6) is 2.82. The van der Waals surface area contributed by atoms with Crippen molar-refractivity contribution in [3.63, 3.8) is 0 Å². The van der Waals surface area contributed by atoms with Crippen molar-refractivity contribution >= 4 is 0 Å². The molecular formula is C18H25N3O. The van der Waals surface area contributed by atoms with Crippen LogP contribution in [0.1, 0.15) is 30.7 Å². The van der Waals surface area contributed by atoms with Gasteiger partial charge in [-0.25, -0.2) is 4.98 Å². The van der Waals surface area contributed by atoms with Crippen LogP contribution in [0.2, 0.25) is 0 Å². The van der Waals surface area contributed by atoms with Crippen LogP contribution in [0, 0.1) is 5.92 Å². The monoisotopic (exact) mass is 299 g/mol. The molecule has 4 nitrogen and oxygen atoms in total. The highest BCUT2D eigenvalue weighted by Crippen LogP contribution is 2.23. The number of ether oxygens (including phenoxy) is 1. The summed E-state index contributed by atoms with van der Waals surface area (Å²) in [6.45, 7) is 3.32. The topological polar surface area (TPSA) is 41.1 Å². The first kappa shape index (κ1) is 15.1. The number of nitrogens with one attached hydrogen (secondary N) is 1. The predicted molar refractivity (Wildman–Crippen MR) is 87.9 cm³/mol. The highest BCUT2D eigenvalue weighted by atomic mass is 16.5. The van der Waals surface area contributed by atoms with E-state index in [2.05, 4.69) is 33.1 Å². The van der Waals surface area contributed by atoms with E-state index in [1.54, 1.807) is 7.11 Å².